The Kier molecular flexibility index (Phi) is 4.46. The summed E-state index contributed by atoms with van der Waals surface area (Å²) in [5, 5.41) is 3.31. The quantitative estimate of drug-likeness (QED) is 0.744. The molecule has 0 bridgehead atoms. The van der Waals surface area contributed by atoms with Crippen molar-refractivity contribution in [2.24, 2.45) is 0 Å². The molecule has 3 aromatic rings. The van der Waals surface area contributed by atoms with Crippen molar-refractivity contribution in [1.29, 1.82) is 0 Å². The van der Waals surface area contributed by atoms with Gasteiger partial charge in [-0.05, 0) is 36.4 Å². The van der Waals surface area contributed by atoms with Gasteiger partial charge in [0.2, 0.25) is 0 Å². The molecule has 2 amide bonds. The van der Waals surface area contributed by atoms with Crippen molar-refractivity contribution < 1.29 is 14.0 Å². The van der Waals surface area contributed by atoms with Crippen LogP contribution in [0, 0.1) is 5.82 Å². The molecule has 3 rings (SSSR count). The third-order valence-corrected chi connectivity index (χ3v) is 4.05. The zero-order chi connectivity index (χ0) is 18.1. The maximum absolute atomic E-state index is 13.7. The van der Waals surface area contributed by atoms with Crippen molar-refractivity contribution in [1.82, 2.24) is 9.88 Å². The number of rotatable bonds is 3. The Bertz CT molecular complexity index is 982. The Morgan fingerprint density at radius 3 is 2.60 bits per heavy atom. The lowest BCUT2D eigenvalue weighted by molar-refractivity contribution is 0.0827. The van der Waals surface area contributed by atoms with Gasteiger partial charge in [0, 0.05) is 30.7 Å². The number of carbonyl (C=O) groups excluding carboxylic acids is 2. The van der Waals surface area contributed by atoms with Gasteiger partial charge in [0.05, 0.1) is 10.6 Å². The van der Waals surface area contributed by atoms with Crippen LogP contribution in [0.5, 0.6) is 0 Å². The first-order valence-corrected chi connectivity index (χ1v) is 7.84. The number of nitrogens with zero attached hydrogens (tertiary/aromatic N) is 1. The number of carbonyl (C=O) groups is 2. The van der Waals surface area contributed by atoms with Crippen LogP contribution in [0.3, 0.4) is 0 Å². The molecule has 7 heteroatoms. The molecule has 1 aromatic heterocycles. The normalized spacial score (nSPS) is 10.7. The highest BCUT2D eigenvalue weighted by atomic mass is 35.5. The Labute approximate surface area is 148 Å². The van der Waals surface area contributed by atoms with Crippen LogP contribution >= 0.6 is 11.6 Å². The number of halogens is 2. The van der Waals surface area contributed by atoms with E-state index in [4.69, 9.17) is 11.6 Å². The van der Waals surface area contributed by atoms with E-state index in [1.807, 2.05) is 0 Å². The van der Waals surface area contributed by atoms with Crippen molar-refractivity contribution in [3.8, 4) is 0 Å². The first kappa shape index (κ1) is 17.0. The number of hydrogen-bond acceptors (Lipinski definition) is 2. The second kappa shape index (κ2) is 6.57. The Morgan fingerprint density at radius 2 is 1.92 bits per heavy atom. The minimum atomic E-state index is -0.443. The molecule has 1 heterocycles. The number of aromatic amines is 1. The summed E-state index contributed by atoms with van der Waals surface area (Å²) in [5.74, 6) is -1.12. The van der Waals surface area contributed by atoms with Gasteiger partial charge >= 0.3 is 0 Å². The Balaban J connectivity index is 1.88. The summed E-state index contributed by atoms with van der Waals surface area (Å²) >= 11 is 6.05. The molecular weight excluding hydrogens is 345 g/mol. The van der Waals surface area contributed by atoms with Gasteiger partial charge in [0.1, 0.15) is 11.5 Å². The fourth-order valence-electron chi connectivity index (χ4n) is 2.45. The van der Waals surface area contributed by atoms with Crippen LogP contribution in [0.2, 0.25) is 5.02 Å². The number of anilines is 1. The Morgan fingerprint density at radius 1 is 1.16 bits per heavy atom. The van der Waals surface area contributed by atoms with E-state index in [2.05, 4.69) is 10.3 Å². The van der Waals surface area contributed by atoms with Crippen molar-refractivity contribution in [2.75, 3.05) is 19.4 Å². The van der Waals surface area contributed by atoms with Gasteiger partial charge in [-0.15, -0.1) is 0 Å². The molecule has 2 aromatic carbocycles. The summed E-state index contributed by atoms with van der Waals surface area (Å²) in [6, 6.07) is 10.7. The highest BCUT2D eigenvalue weighted by molar-refractivity contribution is 6.34. The first-order chi connectivity index (χ1) is 11.9. The van der Waals surface area contributed by atoms with Gasteiger partial charge in [-0.25, -0.2) is 4.39 Å². The van der Waals surface area contributed by atoms with Crippen LogP contribution in [0.25, 0.3) is 10.9 Å². The molecule has 2 N–H and O–H groups in total. The van der Waals surface area contributed by atoms with Gasteiger partial charge in [0.25, 0.3) is 11.8 Å². The van der Waals surface area contributed by atoms with Crippen molar-refractivity contribution >= 4 is 40.0 Å². The van der Waals surface area contributed by atoms with E-state index < -0.39 is 11.7 Å². The number of H-pyrrole nitrogens is 1. The maximum Gasteiger partial charge on any atom is 0.272 e. The minimum Gasteiger partial charge on any atom is -0.350 e. The second-order valence-corrected chi connectivity index (χ2v) is 6.14. The van der Waals surface area contributed by atoms with Crippen LogP contribution in [0.1, 0.15) is 20.8 Å². The molecule has 0 aliphatic carbocycles. The minimum absolute atomic E-state index is 0.218. The fourth-order valence-corrected chi connectivity index (χ4v) is 2.65. The predicted molar refractivity (Wildman–Crippen MR) is 95.7 cm³/mol. The van der Waals surface area contributed by atoms with Crippen molar-refractivity contribution in [3.05, 3.63) is 64.6 Å². The zero-order valence-corrected chi connectivity index (χ0v) is 14.3. The zero-order valence-electron chi connectivity index (χ0n) is 13.6. The standard InChI is InChI=1S/C18H15ClFN3O2/c1-23(2)18(25)11-8-10(6-7-13(11)19)21-17(24)16-9-12-14(20)4-3-5-15(12)22-16/h3-9,22H,1-2H3,(H,21,24). The van der Waals surface area contributed by atoms with E-state index in [1.54, 1.807) is 38.4 Å². The first-order valence-electron chi connectivity index (χ1n) is 7.46. The molecule has 25 heavy (non-hydrogen) atoms. The molecule has 0 radical (unpaired) electrons. The molecule has 0 fully saturated rings. The predicted octanol–water partition coefficient (Wildman–Crippen LogP) is 3.91. The largest absolute Gasteiger partial charge is 0.350 e. The SMILES string of the molecule is CN(C)C(=O)c1cc(NC(=O)c2cc3c(F)cccc3[nH]2)ccc1Cl. The average Bonchev–Trinajstić information content (AvgIpc) is 3.01. The molecule has 0 saturated carbocycles. The highest BCUT2D eigenvalue weighted by Crippen LogP contribution is 2.23. The number of aromatic nitrogens is 1. The molecule has 128 valence electrons. The molecule has 0 atom stereocenters. The summed E-state index contributed by atoms with van der Waals surface area (Å²) < 4.78 is 13.7. The fraction of sp³-hybridized carbons (Fsp3) is 0.111. The Hall–Kier alpha value is -2.86. The third kappa shape index (κ3) is 3.34. The molecular formula is C18H15ClFN3O2. The number of benzene rings is 2. The van der Waals surface area contributed by atoms with Crippen LogP contribution in [-0.4, -0.2) is 35.8 Å². The number of fused-ring (bicyclic) bond motifs is 1. The van der Waals surface area contributed by atoms with E-state index in [-0.39, 0.29) is 17.2 Å². The van der Waals surface area contributed by atoms with Gasteiger partial charge < -0.3 is 15.2 Å². The van der Waals surface area contributed by atoms with Crippen LogP contribution in [0.15, 0.2) is 42.5 Å². The number of hydrogen-bond donors (Lipinski definition) is 2. The van der Waals surface area contributed by atoms with Gasteiger partial charge in [-0.3, -0.25) is 9.59 Å². The molecule has 0 aliphatic heterocycles. The van der Waals surface area contributed by atoms with Gasteiger partial charge in [-0.2, -0.15) is 0 Å². The number of amides is 2. The van der Waals surface area contributed by atoms with Crippen LogP contribution in [-0.2, 0) is 0 Å². The van der Waals surface area contributed by atoms with Crippen LogP contribution < -0.4 is 5.32 Å². The van der Waals surface area contributed by atoms with E-state index in [9.17, 15) is 14.0 Å². The van der Waals surface area contributed by atoms with E-state index in [0.29, 0.717) is 21.6 Å². The molecule has 0 spiro atoms. The monoisotopic (exact) mass is 359 g/mol. The number of nitrogens with one attached hydrogen (secondary N) is 2. The molecule has 0 aliphatic rings. The summed E-state index contributed by atoms with van der Waals surface area (Å²) in [5.41, 5.74) is 1.45. The van der Waals surface area contributed by atoms with Gasteiger partial charge in [-0.1, -0.05) is 17.7 Å². The molecule has 0 unspecified atom stereocenters. The van der Waals surface area contributed by atoms with Crippen LogP contribution in [0.4, 0.5) is 10.1 Å². The van der Waals surface area contributed by atoms with E-state index in [1.165, 1.54) is 23.1 Å². The lowest BCUT2D eigenvalue weighted by atomic mass is 10.1. The average molecular weight is 360 g/mol. The summed E-state index contributed by atoms with van der Waals surface area (Å²) in [4.78, 5) is 28.8. The highest BCUT2D eigenvalue weighted by Gasteiger charge is 2.16. The smallest absolute Gasteiger partial charge is 0.272 e. The lowest BCUT2D eigenvalue weighted by Gasteiger charge is -2.13. The van der Waals surface area contributed by atoms with Crippen molar-refractivity contribution in [3.63, 3.8) is 0 Å². The van der Waals surface area contributed by atoms with E-state index in [0.717, 1.165) is 0 Å². The summed E-state index contributed by atoms with van der Waals surface area (Å²) in [6.07, 6.45) is 0. The topological polar surface area (TPSA) is 65.2 Å². The maximum atomic E-state index is 13.7. The molecule has 0 saturated heterocycles. The van der Waals surface area contributed by atoms with E-state index >= 15 is 0 Å². The van der Waals surface area contributed by atoms with Gasteiger partial charge in [0.15, 0.2) is 0 Å². The van der Waals surface area contributed by atoms with Crippen molar-refractivity contribution in [2.45, 2.75) is 0 Å². The third-order valence-electron chi connectivity index (χ3n) is 3.72. The summed E-state index contributed by atoms with van der Waals surface area (Å²) in [7, 11) is 3.23. The second-order valence-electron chi connectivity index (χ2n) is 5.73. The molecule has 5 nitrogen and oxygen atoms in total. The summed E-state index contributed by atoms with van der Waals surface area (Å²) in [6.45, 7) is 0. The lowest BCUT2D eigenvalue weighted by Crippen LogP contribution is -2.22.